The average molecular weight is 301 g/mol. The molecule has 21 heavy (non-hydrogen) atoms. The van der Waals surface area contributed by atoms with Crippen molar-refractivity contribution < 1.29 is 29.0 Å². The van der Waals surface area contributed by atoms with Gasteiger partial charge in [-0.05, 0) is 5.41 Å². The lowest BCUT2D eigenvalue weighted by Crippen LogP contribution is -2.38. The van der Waals surface area contributed by atoms with E-state index >= 15 is 0 Å². The van der Waals surface area contributed by atoms with Gasteiger partial charge in [0.05, 0.1) is 32.0 Å². The van der Waals surface area contributed by atoms with E-state index in [-0.39, 0.29) is 18.9 Å². The van der Waals surface area contributed by atoms with Gasteiger partial charge in [0.15, 0.2) is 0 Å². The van der Waals surface area contributed by atoms with Crippen LogP contribution >= 0.6 is 0 Å². The van der Waals surface area contributed by atoms with Crippen molar-refractivity contribution in [2.24, 2.45) is 17.3 Å². The van der Waals surface area contributed by atoms with E-state index in [1.165, 1.54) is 19.1 Å². The fraction of sp³-hybridized carbons (Fsp3) is 0.786. The van der Waals surface area contributed by atoms with Crippen molar-refractivity contribution in [3.8, 4) is 0 Å². The first kappa shape index (κ1) is 17.4. The number of carboxylic acid groups (broad SMARTS) is 1. The third-order valence-corrected chi connectivity index (χ3v) is 4.05. The van der Waals surface area contributed by atoms with E-state index in [1.807, 2.05) is 0 Å². The number of nitrogens with zero attached hydrogens (tertiary/aromatic N) is 1. The van der Waals surface area contributed by atoms with E-state index in [1.54, 1.807) is 13.8 Å². The molecular weight excluding hydrogens is 278 g/mol. The third kappa shape index (κ3) is 3.93. The second-order valence-corrected chi connectivity index (χ2v) is 5.76. The largest absolute Gasteiger partial charge is 0.481 e. The Hall–Kier alpha value is -1.63. The second kappa shape index (κ2) is 6.89. The van der Waals surface area contributed by atoms with Crippen LogP contribution < -0.4 is 0 Å². The van der Waals surface area contributed by atoms with Gasteiger partial charge in [-0.3, -0.25) is 14.4 Å². The Kier molecular flexibility index (Phi) is 5.71. The van der Waals surface area contributed by atoms with Crippen LogP contribution in [0.15, 0.2) is 0 Å². The molecule has 0 heterocycles. The molecule has 7 nitrogen and oxygen atoms in total. The van der Waals surface area contributed by atoms with Crippen LogP contribution in [0.25, 0.3) is 0 Å². The number of aliphatic carboxylic acids is 1. The highest BCUT2D eigenvalue weighted by molar-refractivity contribution is 5.91. The summed E-state index contributed by atoms with van der Waals surface area (Å²) in [7, 11) is 2.80. The summed E-state index contributed by atoms with van der Waals surface area (Å²) in [6.07, 6.45) is 0.0802. The maximum absolute atomic E-state index is 12.5. The van der Waals surface area contributed by atoms with Crippen LogP contribution in [0, 0.1) is 17.3 Å². The standard InChI is InChI=1S/C14H23NO6/c1-14(2)10(11(14)13(18)19)12(17)15(7-8-20-3)6-5-9(16)21-4/h10-11H,5-8H2,1-4H3,(H,18,19)/t10-,11+/m1/s1. The zero-order valence-electron chi connectivity index (χ0n) is 12.9. The smallest absolute Gasteiger partial charge is 0.307 e. The molecule has 0 spiro atoms. The summed E-state index contributed by atoms with van der Waals surface area (Å²) in [4.78, 5) is 36.4. The van der Waals surface area contributed by atoms with E-state index in [2.05, 4.69) is 4.74 Å². The molecule has 0 aromatic carbocycles. The van der Waals surface area contributed by atoms with E-state index in [4.69, 9.17) is 9.84 Å². The quantitative estimate of drug-likeness (QED) is 0.652. The molecule has 0 saturated heterocycles. The van der Waals surface area contributed by atoms with E-state index in [0.29, 0.717) is 13.2 Å². The third-order valence-electron chi connectivity index (χ3n) is 4.05. The summed E-state index contributed by atoms with van der Waals surface area (Å²) in [5.41, 5.74) is -0.556. The molecule has 0 aliphatic heterocycles. The number of hydrogen-bond donors (Lipinski definition) is 1. The number of hydrogen-bond acceptors (Lipinski definition) is 5. The minimum absolute atomic E-state index is 0.0802. The Balaban J connectivity index is 2.72. The van der Waals surface area contributed by atoms with Crippen molar-refractivity contribution in [2.75, 3.05) is 33.9 Å². The molecule has 0 aromatic heterocycles. The van der Waals surface area contributed by atoms with Crippen LogP contribution in [-0.4, -0.2) is 61.8 Å². The van der Waals surface area contributed by atoms with Crippen molar-refractivity contribution in [1.82, 2.24) is 4.90 Å². The topological polar surface area (TPSA) is 93.1 Å². The molecule has 2 atom stereocenters. The van der Waals surface area contributed by atoms with Crippen molar-refractivity contribution in [2.45, 2.75) is 20.3 Å². The van der Waals surface area contributed by atoms with Crippen LogP contribution in [0.3, 0.4) is 0 Å². The predicted octanol–water partition coefficient (Wildman–Crippen LogP) is 0.381. The highest BCUT2D eigenvalue weighted by Gasteiger charge is 2.66. The van der Waals surface area contributed by atoms with Crippen molar-refractivity contribution in [3.63, 3.8) is 0 Å². The lowest BCUT2D eigenvalue weighted by Gasteiger charge is -2.22. The first-order valence-electron chi connectivity index (χ1n) is 6.84. The van der Waals surface area contributed by atoms with Crippen LogP contribution in [0.1, 0.15) is 20.3 Å². The Labute approximate surface area is 124 Å². The van der Waals surface area contributed by atoms with Crippen molar-refractivity contribution >= 4 is 17.8 Å². The number of esters is 1. The SMILES string of the molecule is COCCN(CCC(=O)OC)C(=O)[C@H]1[C@@H](C(=O)O)C1(C)C. The number of carbonyl (C=O) groups is 3. The van der Waals surface area contributed by atoms with Crippen molar-refractivity contribution in [3.05, 3.63) is 0 Å². The van der Waals surface area contributed by atoms with Crippen LogP contribution in [0.5, 0.6) is 0 Å². The monoisotopic (exact) mass is 301 g/mol. The highest BCUT2D eigenvalue weighted by Crippen LogP contribution is 2.59. The first-order chi connectivity index (χ1) is 9.77. The highest BCUT2D eigenvalue weighted by atomic mass is 16.5. The van der Waals surface area contributed by atoms with Gasteiger partial charge in [0.25, 0.3) is 0 Å². The summed E-state index contributed by atoms with van der Waals surface area (Å²) < 4.78 is 9.51. The lowest BCUT2D eigenvalue weighted by atomic mass is 10.1. The van der Waals surface area contributed by atoms with Gasteiger partial charge >= 0.3 is 11.9 Å². The zero-order chi connectivity index (χ0) is 16.2. The molecule has 7 heteroatoms. The summed E-state index contributed by atoms with van der Waals surface area (Å²) in [6, 6.07) is 0. The van der Waals surface area contributed by atoms with Gasteiger partial charge in [-0.1, -0.05) is 13.8 Å². The lowest BCUT2D eigenvalue weighted by molar-refractivity contribution is -0.144. The number of methoxy groups -OCH3 is 2. The number of carboxylic acids is 1. The Morgan fingerprint density at radius 1 is 1.14 bits per heavy atom. The molecule has 120 valence electrons. The van der Waals surface area contributed by atoms with Crippen LogP contribution in [0.4, 0.5) is 0 Å². The molecule has 1 aliphatic carbocycles. The number of ether oxygens (including phenoxy) is 2. The summed E-state index contributed by atoms with van der Waals surface area (Å²) in [5, 5.41) is 9.15. The molecule has 0 bridgehead atoms. The van der Waals surface area contributed by atoms with Gasteiger partial charge in [-0.15, -0.1) is 0 Å². The molecule has 1 aliphatic rings. The summed E-state index contributed by atoms with van der Waals surface area (Å²) >= 11 is 0. The number of carbonyl (C=O) groups excluding carboxylic acids is 2. The average Bonchev–Trinajstić information content (AvgIpc) is 3.00. The minimum Gasteiger partial charge on any atom is -0.481 e. The Morgan fingerprint density at radius 3 is 2.19 bits per heavy atom. The van der Waals surface area contributed by atoms with Gasteiger partial charge < -0.3 is 19.5 Å². The van der Waals surface area contributed by atoms with Crippen LogP contribution in [-0.2, 0) is 23.9 Å². The van der Waals surface area contributed by atoms with Crippen molar-refractivity contribution in [1.29, 1.82) is 0 Å². The van der Waals surface area contributed by atoms with Gasteiger partial charge in [0.2, 0.25) is 5.91 Å². The van der Waals surface area contributed by atoms with Gasteiger partial charge in [0, 0.05) is 20.2 Å². The fourth-order valence-electron chi connectivity index (χ4n) is 2.62. The van der Waals surface area contributed by atoms with Gasteiger partial charge in [-0.2, -0.15) is 0 Å². The molecule has 1 amide bonds. The molecule has 0 unspecified atom stereocenters. The number of rotatable bonds is 8. The summed E-state index contributed by atoms with van der Waals surface area (Å²) in [6.45, 7) is 4.39. The molecule has 1 saturated carbocycles. The van der Waals surface area contributed by atoms with E-state index in [9.17, 15) is 14.4 Å². The zero-order valence-corrected chi connectivity index (χ0v) is 12.9. The van der Waals surface area contributed by atoms with Gasteiger partial charge in [0.1, 0.15) is 0 Å². The van der Waals surface area contributed by atoms with Gasteiger partial charge in [-0.25, -0.2) is 0 Å². The predicted molar refractivity (Wildman–Crippen MR) is 73.5 cm³/mol. The first-order valence-corrected chi connectivity index (χ1v) is 6.84. The van der Waals surface area contributed by atoms with E-state index in [0.717, 1.165) is 0 Å². The fourth-order valence-corrected chi connectivity index (χ4v) is 2.62. The molecule has 1 rings (SSSR count). The maximum atomic E-state index is 12.5. The molecule has 1 N–H and O–H groups in total. The summed E-state index contributed by atoms with van der Waals surface area (Å²) in [5.74, 6) is -2.83. The number of amides is 1. The maximum Gasteiger partial charge on any atom is 0.307 e. The Morgan fingerprint density at radius 2 is 1.76 bits per heavy atom. The molecule has 0 aromatic rings. The van der Waals surface area contributed by atoms with E-state index < -0.39 is 29.2 Å². The second-order valence-electron chi connectivity index (χ2n) is 5.76. The molecule has 0 radical (unpaired) electrons. The van der Waals surface area contributed by atoms with Crippen LogP contribution in [0.2, 0.25) is 0 Å². The minimum atomic E-state index is -0.960. The molecular formula is C14H23NO6. The normalized spacial score (nSPS) is 22.5. The molecule has 1 fully saturated rings. The Bertz CT molecular complexity index is 420.